The summed E-state index contributed by atoms with van der Waals surface area (Å²) >= 11 is 0. The summed E-state index contributed by atoms with van der Waals surface area (Å²) in [6, 6.07) is 26.3. The average molecular weight is 493 g/mol. The fraction of sp³-hybridized carbons (Fsp3) is 0.258. The van der Waals surface area contributed by atoms with E-state index in [0.29, 0.717) is 13.1 Å². The van der Waals surface area contributed by atoms with E-state index < -0.39 is 0 Å². The number of piperazine rings is 1. The highest BCUT2D eigenvalue weighted by Gasteiger charge is 2.25. The Morgan fingerprint density at radius 2 is 1.46 bits per heavy atom. The Bertz CT molecular complexity index is 1360. The van der Waals surface area contributed by atoms with E-state index in [1.54, 1.807) is 7.11 Å². The van der Waals surface area contributed by atoms with E-state index in [1.807, 2.05) is 66.4 Å². The molecule has 3 aromatic carbocycles. The Hall–Kier alpha value is -4.19. The van der Waals surface area contributed by atoms with Crippen LogP contribution in [0.2, 0.25) is 0 Å². The Balaban J connectivity index is 1.28. The molecule has 37 heavy (non-hydrogen) atoms. The lowest BCUT2D eigenvalue weighted by molar-refractivity contribution is 0.0746. The van der Waals surface area contributed by atoms with Gasteiger partial charge in [0.2, 0.25) is 0 Å². The van der Waals surface area contributed by atoms with E-state index >= 15 is 0 Å². The molecule has 1 amide bonds. The quantitative estimate of drug-likeness (QED) is 0.365. The number of carbonyl (C=O) groups excluding carboxylic acids is 1. The predicted octanol–water partition coefficient (Wildman–Crippen LogP) is 5.32. The number of rotatable bonds is 6. The van der Waals surface area contributed by atoms with E-state index in [0.717, 1.165) is 64.8 Å². The number of ether oxygens (including phenoxy) is 1. The van der Waals surface area contributed by atoms with Crippen LogP contribution in [0.5, 0.6) is 5.75 Å². The average Bonchev–Trinajstić information content (AvgIpc) is 2.95. The van der Waals surface area contributed by atoms with Crippen LogP contribution in [-0.2, 0) is 6.42 Å². The molecule has 6 heteroatoms. The molecule has 0 radical (unpaired) electrons. The van der Waals surface area contributed by atoms with Crippen molar-refractivity contribution >= 4 is 11.7 Å². The van der Waals surface area contributed by atoms with Crippen LogP contribution in [0.25, 0.3) is 11.1 Å². The molecular formula is C31H32N4O2. The molecule has 2 heterocycles. The molecule has 1 fully saturated rings. The van der Waals surface area contributed by atoms with Crippen molar-refractivity contribution in [2.24, 2.45) is 0 Å². The molecule has 188 valence electrons. The summed E-state index contributed by atoms with van der Waals surface area (Å²) in [6.07, 6.45) is 0.748. The van der Waals surface area contributed by atoms with E-state index in [2.05, 4.69) is 41.1 Å². The van der Waals surface area contributed by atoms with Gasteiger partial charge in [0.05, 0.1) is 7.11 Å². The zero-order valence-corrected chi connectivity index (χ0v) is 21.6. The van der Waals surface area contributed by atoms with Crippen molar-refractivity contribution in [1.29, 1.82) is 0 Å². The first-order chi connectivity index (χ1) is 18.0. The Morgan fingerprint density at radius 1 is 0.811 bits per heavy atom. The Morgan fingerprint density at radius 3 is 2.11 bits per heavy atom. The lowest BCUT2D eigenvalue weighted by atomic mass is 10.0. The van der Waals surface area contributed by atoms with Gasteiger partial charge in [0.1, 0.15) is 17.4 Å². The molecule has 4 aromatic rings. The Kier molecular flexibility index (Phi) is 7.17. The van der Waals surface area contributed by atoms with Gasteiger partial charge in [0.25, 0.3) is 5.91 Å². The van der Waals surface area contributed by atoms with Crippen LogP contribution < -0.4 is 9.64 Å². The van der Waals surface area contributed by atoms with Gasteiger partial charge in [-0.3, -0.25) is 4.79 Å². The summed E-state index contributed by atoms with van der Waals surface area (Å²) in [5.41, 5.74) is 6.30. The molecule has 1 saturated heterocycles. The fourth-order valence-electron chi connectivity index (χ4n) is 4.87. The monoisotopic (exact) mass is 492 g/mol. The first-order valence-electron chi connectivity index (χ1n) is 12.7. The van der Waals surface area contributed by atoms with Crippen molar-refractivity contribution in [3.8, 4) is 16.9 Å². The van der Waals surface area contributed by atoms with Crippen molar-refractivity contribution in [2.45, 2.75) is 20.3 Å². The van der Waals surface area contributed by atoms with Gasteiger partial charge in [-0.1, -0.05) is 54.6 Å². The third kappa shape index (κ3) is 5.48. The van der Waals surface area contributed by atoms with Gasteiger partial charge in [-0.15, -0.1) is 0 Å². The van der Waals surface area contributed by atoms with Gasteiger partial charge in [-0.2, -0.15) is 0 Å². The van der Waals surface area contributed by atoms with Crippen molar-refractivity contribution in [1.82, 2.24) is 14.9 Å². The first-order valence-corrected chi connectivity index (χ1v) is 12.7. The van der Waals surface area contributed by atoms with E-state index in [4.69, 9.17) is 9.72 Å². The number of anilines is 1. The maximum absolute atomic E-state index is 13.2. The molecular weight excluding hydrogens is 460 g/mol. The number of aromatic nitrogens is 2. The van der Waals surface area contributed by atoms with Crippen LogP contribution in [-0.4, -0.2) is 54.1 Å². The summed E-state index contributed by atoms with van der Waals surface area (Å²) < 4.78 is 5.30. The van der Waals surface area contributed by atoms with Gasteiger partial charge in [-0.05, 0) is 54.8 Å². The molecule has 0 aliphatic carbocycles. The molecule has 0 saturated carbocycles. The van der Waals surface area contributed by atoms with E-state index in [-0.39, 0.29) is 5.91 Å². The lowest BCUT2D eigenvalue weighted by Gasteiger charge is -2.36. The summed E-state index contributed by atoms with van der Waals surface area (Å²) in [4.78, 5) is 27.0. The molecule has 1 aromatic heterocycles. The minimum atomic E-state index is 0.0766. The largest absolute Gasteiger partial charge is 0.497 e. The highest BCUT2D eigenvalue weighted by atomic mass is 16.5. The van der Waals surface area contributed by atoms with Crippen molar-refractivity contribution in [3.63, 3.8) is 0 Å². The van der Waals surface area contributed by atoms with Crippen molar-refractivity contribution < 1.29 is 9.53 Å². The van der Waals surface area contributed by atoms with Crippen LogP contribution in [0.3, 0.4) is 0 Å². The topological polar surface area (TPSA) is 58.6 Å². The summed E-state index contributed by atoms with van der Waals surface area (Å²) in [7, 11) is 1.68. The van der Waals surface area contributed by atoms with Crippen LogP contribution >= 0.6 is 0 Å². The van der Waals surface area contributed by atoms with Gasteiger partial charge < -0.3 is 14.5 Å². The zero-order chi connectivity index (χ0) is 25.8. The number of nitrogens with zero attached hydrogens (tertiary/aromatic N) is 4. The zero-order valence-electron chi connectivity index (χ0n) is 21.6. The SMILES string of the molecule is COc1ccc(Cc2c(C)nc(C)nc2N2CCN(C(=O)c3ccc(-c4ccccc4)cc3)CC2)cc1. The third-order valence-electron chi connectivity index (χ3n) is 6.95. The highest BCUT2D eigenvalue weighted by molar-refractivity contribution is 5.95. The standard InChI is InChI=1S/C31H32N4O2/c1-22-29(21-24-9-15-28(37-3)16-10-24)30(33-23(2)32-22)34-17-19-35(20-18-34)31(36)27-13-11-26(12-14-27)25-7-5-4-6-8-25/h4-16H,17-21H2,1-3H3. The summed E-state index contributed by atoms with van der Waals surface area (Å²) in [5.74, 6) is 2.66. The molecule has 5 rings (SSSR count). The minimum Gasteiger partial charge on any atom is -0.497 e. The molecule has 1 aliphatic rings. The first kappa shape index (κ1) is 24.5. The second kappa shape index (κ2) is 10.8. The molecule has 1 aliphatic heterocycles. The lowest BCUT2D eigenvalue weighted by Crippen LogP contribution is -2.49. The number of amides is 1. The van der Waals surface area contributed by atoms with Crippen LogP contribution in [0.4, 0.5) is 5.82 Å². The molecule has 6 nitrogen and oxygen atoms in total. The summed E-state index contributed by atoms with van der Waals surface area (Å²) in [6.45, 7) is 6.77. The number of benzene rings is 3. The van der Waals surface area contributed by atoms with Gasteiger partial charge in [-0.25, -0.2) is 9.97 Å². The minimum absolute atomic E-state index is 0.0766. The van der Waals surface area contributed by atoms with Crippen molar-refractivity contribution in [2.75, 3.05) is 38.2 Å². The van der Waals surface area contributed by atoms with Crippen LogP contribution in [0.15, 0.2) is 78.9 Å². The second-order valence-electron chi connectivity index (χ2n) is 9.41. The molecule has 0 atom stereocenters. The highest BCUT2D eigenvalue weighted by Crippen LogP contribution is 2.26. The van der Waals surface area contributed by atoms with Crippen LogP contribution in [0.1, 0.15) is 33.0 Å². The Labute approximate surface area is 218 Å². The van der Waals surface area contributed by atoms with Gasteiger partial charge in [0, 0.05) is 49.4 Å². The normalized spacial score (nSPS) is 13.5. The smallest absolute Gasteiger partial charge is 0.253 e. The number of carbonyl (C=O) groups is 1. The van der Waals surface area contributed by atoms with Crippen molar-refractivity contribution in [3.05, 3.63) is 107 Å². The number of methoxy groups -OCH3 is 1. The number of aryl methyl sites for hydroxylation is 2. The molecule has 0 bridgehead atoms. The maximum Gasteiger partial charge on any atom is 0.253 e. The molecule has 0 spiro atoms. The molecule has 0 unspecified atom stereocenters. The third-order valence-corrected chi connectivity index (χ3v) is 6.95. The number of hydrogen-bond donors (Lipinski definition) is 0. The van der Waals surface area contributed by atoms with E-state index in [1.165, 1.54) is 5.56 Å². The molecule has 0 N–H and O–H groups in total. The summed E-state index contributed by atoms with van der Waals surface area (Å²) in [5, 5.41) is 0. The van der Waals surface area contributed by atoms with E-state index in [9.17, 15) is 4.79 Å². The number of hydrogen-bond acceptors (Lipinski definition) is 5. The van der Waals surface area contributed by atoms with Crippen LogP contribution in [0, 0.1) is 13.8 Å². The second-order valence-corrected chi connectivity index (χ2v) is 9.41. The van der Waals surface area contributed by atoms with Gasteiger partial charge >= 0.3 is 0 Å². The predicted molar refractivity (Wildman–Crippen MR) is 147 cm³/mol. The van der Waals surface area contributed by atoms with Gasteiger partial charge in [0.15, 0.2) is 0 Å². The fourth-order valence-corrected chi connectivity index (χ4v) is 4.87. The maximum atomic E-state index is 13.2.